The molecule has 0 saturated heterocycles. The van der Waals surface area contributed by atoms with Crippen LogP contribution in [0, 0.1) is 12.1 Å². The molecule has 0 spiro atoms. The summed E-state index contributed by atoms with van der Waals surface area (Å²) in [6, 6.07) is 6.77. The normalized spacial score (nSPS) is 11.1. The Hall–Kier alpha value is -2.24. The highest BCUT2D eigenvalue weighted by atomic mass is 16.8. The lowest BCUT2D eigenvalue weighted by atomic mass is 10.1. The third-order valence-electron chi connectivity index (χ3n) is 2.58. The molecule has 5 heteroatoms. The number of nitrogen functional groups attached to an aromatic ring is 1. The molecule has 2 aromatic rings. The van der Waals surface area contributed by atoms with Gasteiger partial charge in [-0.25, -0.2) is 0 Å². The highest BCUT2D eigenvalue weighted by Gasteiger charge is 2.04. The van der Waals surface area contributed by atoms with Crippen molar-refractivity contribution >= 4 is 23.5 Å². The Kier molecular flexibility index (Phi) is 3.36. The van der Waals surface area contributed by atoms with E-state index < -0.39 is 0 Å². The third kappa shape index (κ3) is 2.53. The van der Waals surface area contributed by atoms with Crippen molar-refractivity contribution < 1.29 is 9.62 Å². The van der Waals surface area contributed by atoms with E-state index in [1.165, 1.54) is 6.07 Å². The molecule has 2 rings (SSSR count). The Bertz CT molecular complexity index is 560. The minimum atomic E-state index is -0.189. The first-order chi connectivity index (χ1) is 8.58. The van der Waals surface area contributed by atoms with Gasteiger partial charge in [0.2, 0.25) is 0 Å². The van der Waals surface area contributed by atoms with Crippen LogP contribution < -0.4 is 11.0 Å². The number of nitrogens with two attached hydrogens (primary N) is 1. The largest absolute Gasteiger partial charge is 0.733 e. The predicted molar refractivity (Wildman–Crippen MR) is 70.9 cm³/mol. The minimum Gasteiger partial charge on any atom is -0.733 e. The molecule has 0 bridgehead atoms. The van der Waals surface area contributed by atoms with Gasteiger partial charge in [-0.3, -0.25) is 5.21 Å². The maximum absolute atomic E-state index is 10.9. The molecular weight excluding hydrogens is 232 g/mol. The molecule has 1 aromatic heterocycles. The lowest BCUT2D eigenvalue weighted by molar-refractivity contribution is 0.296. The molecule has 0 aliphatic rings. The fraction of sp³-hybridized carbons (Fsp3) is 0.0769. The number of hydrogen-bond donors (Lipinski definition) is 2. The molecule has 3 N–H and O–H groups in total. The standard InChI is InChI=1S/C13H13N2O3/c1-9-7-10(4-5-11-3-2-6-18-11)12(14)8-13(9)15(16)17/h2-8,16H,14H2,1H3/q-1. The number of furan rings is 1. The fourth-order valence-corrected chi connectivity index (χ4v) is 1.64. The van der Waals surface area contributed by atoms with Gasteiger partial charge in [0.15, 0.2) is 0 Å². The van der Waals surface area contributed by atoms with Gasteiger partial charge in [0.25, 0.3) is 0 Å². The highest BCUT2D eigenvalue weighted by molar-refractivity contribution is 5.78. The molecule has 0 fully saturated rings. The first kappa shape index (κ1) is 12.2. The molecule has 1 aromatic carbocycles. The SMILES string of the molecule is Cc1cc(C=Cc2ccco2)c(N)cc1N([O-])O. The van der Waals surface area contributed by atoms with Gasteiger partial charge < -0.3 is 20.6 Å². The van der Waals surface area contributed by atoms with E-state index in [-0.39, 0.29) is 10.9 Å². The second-order valence-corrected chi connectivity index (χ2v) is 3.89. The van der Waals surface area contributed by atoms with Crippen LogP contribution in [0.1, 0.15) is 16.9 Å². The van der Waals surface area contributed by atoms with Crippen LogP contribution in [-0.4, -0.2) is 5.21 Å². The van der Waals surface area contributed by atoms with E-state index in [1.54, 1.807) is 37.5 Å². The van der Waals surface area contributed by atoms with Crippen LogP contribution in [0.15, 0.2) is 34.9 Å². The van der Waals surface area contributed by atoms with E-state index in [4.69, 9.17) is 15.4 Å². The molecule has 0 aliphatic heterocycles. The van der Waals surface area contributed by atoms with E-state index >= 15 is 0 Å². The molecule has 1 heterocycles. The summed E-state index contributed by atoms with van der Waals surface area (Å²) < 4.78 is 5.16. The van der Waals surface area contributed by atoms with Crippen LogP contribution >= 0.6 is 0 Å². The van der Waals surface area contributed by atoms with Crippen LogP contribution in [0.4, 0.5) is 11.4 Å². The molecule has 0 atom stereocenters. The number of hydrogen-bond acceptors (Lipinski definition) is 5. The Balaban J connectivity index is 2.32. The Labute approximate surface area is 104 Å². The van der Waals surface area contributed by atoms with Crippen molar-refractivity contribution in [2.75, 3.05) is 11.0 Å². The molecule has 18 heavy (non-hydrogen) atoms. The number of nitrogens with zero attached hydrogens (tertiary/aromatic N) is 1. The van der Waals surface area contributed by atoms with E-state index in [9.17, 15) is 5.21 Å². The summed E-state index contributed by atoms with van der Waals surface area (Å²) >= 11 is 0. The van der Waals surface area contributed by atoms with Gasteiger partial charge in [-0.05, 0) is 54.5 Å². The second-order valence-electron chi connectivity index (χ2n) is 3.89. The Morgan fingerprint density at radius 2 is 2.17 bits per heavy atom. The summed E-state index contributed by atoms with van der Waals surface area (Å²) in [7, 11) is 0. The first-order valence-electron chi connectivity index (χ1n) is 5.36. The molecular formula is C13H13N2O3-. The summed E-state index contributed by atoms with van der Waals surface area (Å²) in [5.41, 5.74) is 7.76. The maximum Gasteiger partial charge on any atom is 0.126 e. The predicted octanol–water partition coefficient (Wildman–Crippen LogP) is 3.03. The lowest BCUT2D eigenvalue weighted by Gasteiger charge is -2.24. The smallest absolute Gasteiger partial charge is 0.126 e. The van der Waals surface area contributed by atoms with Crippen LogP contribution in [0.5, 0.6) is 0 Å². The van der Waals surface area contributed by atoms with Gasteiger partial charge >= 0.3 is 0 Å². The number of benzene rings is 1. The van der Waals surface area contributed by atoms with Gasteiger partial charge in [-0.15, -0.1) is 0 Å². The number of rotatable bonds is 3. The number of aryl methyl sites for hydroxylation is 1. The van der Waals surface area contributed by atoms with E-state index in [0.717, 1.165) is 5.56 Å². The average Bonchev–Trinajstić information content (AvgIpc) is 2.82. The van der Waals surface area contributed by atoms with Crippen LogP contribution in [0.3, 0.4) is 0 Å². The number of anilines is 2. The van der Waals surface area contributed by atoms with Crippen molar-refractivity contribution in [1.29, 1.82) is 0 Å². The van der Waals surface area contributed by atoms with Crippen LogP contribution in [-0.2, 0) is 0 Å². The molecule has 0 amide bonds. The second kappa shape index (κ2) is 4.95. The van der Waals surface area contributed by atoms with Crippen molar-refractivity contribution in [3.63, 3.8) is 0 Å². The zero-order valence-corrected chi connectivity index (χ0v) is 9.83. The van der Waals surface area contributed by atoms with Crippen LogP contribution in [0.25, 0.3) is 12.2 Å². The molecule has 0 radical (unpaired) electrons. The summed E-state index contributed by atoms with van der Waals surface area (Å²) in [5.74, 6) is 0.712. The minimum absolute atomic E-state index is 0.141. The van der Waals surface area contributed by atoms with Crippen molar-refractivity contribution in [1.82, 2.24) is 0 Å². The monoisotopic (exact) mass is 245 g/mol. The zero-order chi connectivity index (χ0) is 13.1. The van der Waals surface area contributed by atoms with Crippen molar-refractivity contribution in [2.45, 2.75) is 6.92 Å². The topological polar surface area (TPSA) is 85.7 Å². The van der Waals surface area contributed by atoms with Gasteiger partial charge in [0, 0.05) is 5.69 Å². The summed E-state index contributed by atoms with van der Waals surface area (Å²) in [4.78, 5) is 0. The zero-order valence-electron chi connectivity index (χ0n) is 9.83. The average molecular weight is 245 g/mol. The van der Waals surface area contributed by atoms with E-state index in [0.29, 0.717) is 17.0 Å². The maximum atomic E-state index is 10.9. The molecule has 5 nitrogen and oxygen atoms in total. The molecule has 0 aliphatic carbocycles. The van der Waals surface area contributed by atoms with Crippen molar-refractivity contribution in [3.8, 4) is 0 Å². The van der Waals surface area contributed by atoms with Crippen LogP contribution in [0.2, 0.25) is 0 Å². The molecule has 94 valence electrons. The van der Waals surface area contributed by atoms with Gasteiger partial charge in [0.1, 0.15) is 5.76 Å². The highest BCUT2D eigenvalue weighted by Crippen LogP contribution is 2.26. The van der Waals surface area contributed by atoms with Gasteiger partial charge in [0.05, 0.1) is 12.0 Å². The summed E-state index contributed by atoms with van der Waals surface area (Å²) in [6.45, 7) is 1.72. The van der Waals surface area contributed by atoms with Crippen molar-refractivity contribution in [3.05, 3.63) is 52.6 Å². The summed E-state index contributed by atoms with van der Waals surface area (Å²) in [6.07, 6.45) is 5.15. The van der Waals surface area contributed by atoms with Gasteiger partial charge in [-0.1, -0.05) is 0 Å². The molecule has 0 saturated carbocycles. The molecule has 0 unspecified atom stereocenters. The third-order valence-corrected chi connectivity index (χ3v) is 2.58. The quantitative estimate of drug-likeness (QED) is 0.641. The first-order valence-corrected chi connectivity index (χ1v) is 5.36. The Morgan fingerprint density at radius 3 is 2.78 bits per heavy atom. The lowest BCUT2D eigenvalue weighted by Crippen LogP contribution is -2.09. The van der Waals surface area contributed by atoms with E-state index in [1.807, 2.05) is 6.07 Å². The summed E-state index contributed by atoms with van der Waals surface area (Å²) in [5, 5.41) is 19.6. The fourth-order valence-electron chi connectivity index (χ4n) is 1.64. The Morgan fingerprint density at radius 1 is 1.39 bits per heavy atom. The van der Waals surface area contributed by atoms with E-state index in [2.05, 4.69) is 0 Å². The van der Waals surface area contributed by atoms with Crippen molar-refractivity contribution in [2.24, 2.45) is 0 Å². The van der Waals surface area contributed by atoms with Gasteiger partial charge in [-0.2, -0.15) is 0 Å².